The minimum absolute atomic E-state index is 0.373. The lowest BCUT2D eigenvalue weighted by Gasteiger charge is -2.08. The van der Waals surface area contributed by atoms with Crippen LogP contribution in [0.15, 0.2) is 0 Å². The maximum absolute atomic E-state index is 10.8. The van der Waals surface area contributed by atoms with Crippen LogP contribution < -0.4 is 0 Å². The number of rotatable bonds is 1. The van der Waals surface area contributed by atoms with E-state index in [1.54, 1.807) is 6.92 Å². The summed E-state index contributed by atoms with van der Waals surface area (Å²) in [4.78, 5) is 22.7. The molecular formula is C5H5NO2S2. The van der Waals surface area contributed by atoms with Crippen LogP contribution in [0.1, 0.15) is 6.92 Å². The average Bonchev–Trinajstić information content (AvgIpc) is 2.09. The fraction of sp³-hybridized carbons (Fsp3) is 0.400. The van der Waals surface area contributed by atoms with Crippen molar-refractivity contribution < 1.29 is 9.59 Å². The van der Waals surface area contributed by atoms with E-state index in [1.807, 2.05) is 0 Å². The first kappa shape index (κ1) is 7.68. The van der Waals surface area contributed by atoms with Crippen LogP contribution in [0.3, 0.4) is 0 Å². The largest absolute Gasteiger partial charge is 0.307 e. The number of nitrogens with zero attached hydrogens (tertiary/aromatic N) is 1. The standard InChI is InChI=1S/C5H5NO2S2/c1-2-6-3(7)4(8)10-5(6)9/h2H2,1H3. The number of amides is 1. The summed E-state index contributed by atoms with van der Waals surface area (Å²) in [5.74, 6) is -0.488. The van der Waals surface area contributed by atoms with Gasteiger partial charge in [-0.15, -0.1) is 0 Å². The van der Waals surface area contributed by atoms with E-state index >= 15 is 0 Å². The van der Waals surface area contributed by atoms with Crippen molar-refractivity contribution in [3.8, 4) is 0 Å². The molecule has 0 bridgehead atoms. The van der Waals surface area contributed by atoms with Crippen LogP contribution in [0, 0.1) is 0 Å². The van der Waals surface area contributed by atoms with E-state index in [0.717, 1.165) is 11.8 Å². The van der Waals surface area contributed by atoms with Crippen molar-refractivity contribution in [1.82, 2.24) is 4.90 Å². The van der Waals surface area contributed by atoms with E-state index in [2.05, 4.69) is 0 Å². The van der Waals surface area contributed by atoms with E-state index < -0.39 is 11.0 Å². The Bertz CT molecular complexity index is 214. The van der Waals surface area contributed by atoms with Crippen LogP contribution in [0.5, 0.6) is 0 Å². The van der Waals surface area contributed by atoms with Crippen molar-refractivity contribution in [1.29, 1.82) is 0 Å². The van der Waals surface area contributed by atoms with Crippen LogP contribution in [0.2, 0.25) is 0 Å². The third-order valence-corrected chi connectivity index (χ3v) is 2.36. The van der Waals surface area contributed by atoms with Gasteiger partial charge in [-0.05, 0) is 18.7 Å². The van der Waals surface area contributed by atoms with Gasteiger partial charge in [-0.25, -0.2) is 0 Å². The molecule has 0 aromatic rings. The molecule has 1 aliphatic rings. The highest BCUT2D eigenvalue weighted by molar-refractivity contribution is 8.34. The monoisotopic (exact) mass is 175 g/mol. The van der Waals surface area contributed by atoms with Crippen LogP contribution in [0.4, 0.5) is 0 Å². The molecule has 0 aliphatic carbocycles. The van der Waals surface area contributed by atoms with Crippen molar-refractivity contribution in [3.63, 3.8) is 0 Å². The van der Waals surface area contributed by atoms with Gasteiger partial charge in [0.25, 0.3) is 5.12 Å². The predicted octanol–water partition coefficient (Wildman–Crippen LogP) is 0.393. The van der Waals surface area contributed by atoms with Gasteiger partial charge in [0.2, 0.25) is 0 Å². The molecule has 0 unspecified atom stereocenters. The van der Waals surface area contributed by atoms with E-state index in [0.29, 0.717) is 10.9 Å². The van der Waals surface area contributed by atoms with Crippen LogP contribution in [-0.2, 0) is 9.59 Å². The van der Waals surface area contributed by atoms with E-state index in [9.17, 15) is 9.59 Å². The van der Waals surface area contributed by atoms with Crippen LogP contribution >= 0.6 is 24.0 Å². The molecule has 1 amide bonds. The predicted molar refractivity (Wildman–Crippen MR) is 42.6 cm³/mol. The lowest BCUT2D eigenvalue weighted by molar-refractivity contribution is -0.136. The number of hydrogen-bond donors (Lipinski definition) is 0. The Hall–Kier alpha value is -0.420. The van der Waals surface area contributed by atoms with E-state index in [-0.39, 0.29) is 0 Å². The third kappa shape index (κ3) is 1.06. The molecule has 0 spiro atoms. The van der Waals surface area contributed by atoms with Crippen molar-refractivity contribution in [2.24, 2.45) is 0 Å². The third-order valence-electron chi connectivity index (χ3n) is 1.14. The summed E-state index contributed by atoms with van der Waals surface area (Å²) >= 11 is 5.57. The molecule has 0 aromatic carbocycles. The van der Waals surface area contributed by atoms with Crippen molar-refractivity contribution in [3.05, 3.63) is 0 Å². The molecule has 1 saturated heterocycles. The van der Waals surface area contributed by atoms with Gasteiger partial charge < -0.3 is 0 Å². The fourth-order valence-corrected chi connectivity index (χ4v) is 1.76. The summed E-state index contributed by atoms with van der Waals surface area (Å²) in [7, 11) is 0. The van der Waals surface area contributed by atoms with Gasteiger partial charge in [-0.1, -0.05) is 12.2 Å². The van der Waals surface area contributed by atoms with Gasteiger partial charge in [0.15, 0.2) is 4.32 Å². The van der Waals surface area contributed by atoms with Crippen molar-refractivity contribution in [2.75, 3.05) is 6.54 Å². The number of likely N-dealkylation sites (N-methyl/N-ethyl adjacent to an activating group) is 1. The summed E-state index contributed by atoms with van der Waals surface area (Å²) < 4.78 is 0.373. The summed E-state index contributed by atoms with van der Waals surface area (Å²) in [6, 6.07) is 0. The zero-order valence-corrected chi connectivity index (χ0v) is 6.92. The number of thioether (sulfide) groups is 1. The minimum atomic E-state index is -0.488. The van der Waals surface area contributed by atoms with Gasteiger partial charge in [0.05, 0.1) is 0 Å². The second-order valence-electron chi connectivity index (χ2n) is 1.70. The summed E-state index contributed by atoms with van der Waals surface area (Å²) in [6.45, 7) is 2.26. The van der Waals surface area contributed by atoms with Crippen molar-refractivity contribution in [2.45, 2.75) is 6.92 Å². The zero-order valence-electron chi connectivity index (χ0n) is 5.29. The molecule has 1 rings (SSSR count). The Morgan fingerprint density at radius 2 is 2.20 bits per heavy atom. The first-order valence-electron chi connectivity index (χ1n) is 2.74. The summed E-state index contributed by atoms with van der Waals surface area (Å²) in [5.41, 5.74) is 0. The molecule has 5 heteroatoms. The molecule has 0 aromatic heterocycles. The lowest BCUT2D eigenvalue weighted by atomic mass is 10.5. The molecule has 1 fully saturated rings. The highest BCUT2D eigenvalue weighted by Gasteiger charge is 2.33. The minimum Gasteiger partial charge on any atom is -0.290 e. The molecule has 54 valence electrons. The molecule has 1 heterocycles. The summed E-state index contributed by atoms with van der Waals surface area (Å²) in [5, 5.41) is -0.466. The first-order valence-corrected chi connectivity index (χ1v) is 3.97. The van der Waals surface area contributed by atoms with Crippen molar-refractivity contribution >= 4 is 39.3 Å². The normalized spacial score (nSPS) is 18.9. The maximum Gasteiger partial charge on any atom is 0.307 e. The Balaban J connectivity index is 2.84. The Morgan fingerprint density at radius 1 is 1.60 bits per heavy atom. The molecule has 0 radical (unpaired) electrons. The Kier molecular flexibility index (Phi) is 2.05. The van der Waals surface area contributed by atoms with Gasteiger partial charge in [-0.3, -0.25) is 14.5 Å². The average molecular weight is 175 g/mol. The number of carbonyl (C=O) groups is 2. The highest BCUT2D eigenvalue weighted by Crippen LogP contribution is 2.19. The second-order valence-corrected chi connectivity index (χ2v) is 3.31. The first-order chi connectivity index (χ1) is 4.66. The number of hydrogen-bond acceptors (Lipinski definition) is 4. The SMILES string of the molecule is CCN1C(=O)C(=O)SC1=S. The fourth-order valence-electron chi connectivity index (χ4n) is 0.644. The Morgan fingerprint density at radius 3 is 2.40 bits per heavy atom. The van der Waals surface area contributed by atoms with Gasteiger partial charge in [-0.2, -0.15) is 0 Å². The van der Waals surface area contributed by atoms with Gasteiger partial charge in [0.1, 0.15) is 0 Å². The lowest BCUT2D eigenvalue weighted by Crippen LogP contribution is -2.29. The topological polar surface area (TPSA) is 37.4 Å². The molecule has 0 N–H and O–H groups in total. The number of thiocarbonyl (C=S) groups is 1. The molecule has 3 nitrogen and oxygen atoms in total. The molecule has 0 atom stereocenters. The van der Waals surface area contributed by atoms with E-state index in [1.165, 1.54) is 4.90 Å². The summed E-state index contributed by atoms with van der Waals surface area (Å²) in [6.07, 6.45) is 0. The van der Waals surface area contributed by atoms with Gasteiger partial charge >= 0.3 is 5.91 Å². The Labute approximate surface area is 67.8 Å². The quantitative estimate of drug-likeness (QED) is 0.427. The maximum atomic E-state index is 10.8. The highest BCUT2D eigenvalue weighted by atomic mass is 32.2. The van der Waals surface area contributed by atoms with Crippen LogP contribution in [0.25, 0.3) is 0 Å². The molecule has 1 aliphatic heterocycles. The second kappa shape index (κ2) is 2.67. The number of carbonyl (C=O) groups excluding carboxylic acids is 2. The zero-order chi connectivity index (χ0) is 7.72. The molecule has 0 saturated carbocycles. The molecule has 10 heavy (non-hydrogen) atoms. The molecular weight excluding hydrogens is 170 g/mol. The smallest absolute Gasteiger partial charge is 0.290 e. The van der Waals surface area contributed by atoms with E-state index in [4.69, 9.17) is 12.2 Å². The van der Waals surface area contributed by atoms with Crippen LogP contribution in [-0.4, -0.2) is 26.8 Å². The van der Waals surface area contributed by atoms with Gasteiger partial charge in [0, 0.05) is 6.54 Å².